The maximum Gasteiger partial charge on any atom is 0.437 e. The van der Waals surface area contributed by atoms with Gasteiger partial charge in [-0.3, -0.25) is 9.78 Å². The van der Waals surface area contributed by atoms with Crippen LogP contribution in [0.2, 0.25) is 0 Å². The summed E-state index contributed by atoms with van der Waals surface area (Å²) >= 11 is 0. The summed E-state index contributed by atoms with van der Waals surface area (Å²) in [5, 5.41) is 12.4. The van der Waals surface area contributed by atoms with Crippen molar-refractivity contribution >= 4 is 21.8 Å². The second-order valence-corrected chi connectivity index (χ2v) is 14.3. The van der Waals surface area contributed by atoms with Gasteiger partial charge in [-0.25, -0.2) is 32.0 Å². The van der Waals surface area contributed by atoms with Crippen molar-refractivity contribution < 1.29 is 58.2 Å². The lowest BCUT2D eigenvalue weighted by molar-refractivity contribution is -0.350. The predicted octanol–water partition coefficient (Wildman–Crippen LogP) is 4.54. The molecular weight excluding hydrogens is 656 g/mol. The third-order valence-electron chi connectivity index (χ3n) is 8.58. The van der Waals surface area contributed by atoms with Crippen LogP contribution in [-0.4, -0.2) is 89.0 Å². The van der Waals surface area contributed by atoms with Gasteiger partial charge in [0.1, 0.15) is 10.6 Å². The van der Waals surface area contributed by atoms with E-state index < -0.39 is 91.1 Å². The minimum absolute atomic E-state index is 0.0989. The molecule has 1 aliphatic carbocycles. The Labute approximate surface area is 257 Å². The van der Waals surface area contributed by atoms with Gasteiger partial charge in [0.2, 0.25) is 5.91 Å². The van der Waals surface area contributed by atoms with Crippen LogP contribution in [0, 0.1) is 5.82 Å². The van der Waals surface area contributed by atoms with Gasteiger partial charge < -0.3 is 10.0 Å². The van der Waals surface area contributed by atoms with Crippen LogP contribution in [0.4, 0.5) is 39.9 Å². The van der Waals surface area contributed by atoms with Crippen LogP contribution in [0.15, 0.2) is 41.3 Å². The molecule has 3 heterocycles. The fraction of sp³-hybridized carbons (Fsp3) is 0.536. The zero-order valence-corrected chi connectivity index (χ0v) is 25.1. The van der Waals surface area contributed by atoms with Crippen LogP contribution >= 0.6 is 0 Å². The number of sulfone groups is 1. The van der Waals surface area contributed by atoms with E-state index in [1.807, 2.05) is 0 Å². The fourth-order valence-corrected chi connectivity index (χ4v) is 8.90. The number of carbonyl (C=O) groups is 2. The summed E-state index contributed by atoms with van der Waals surface area (Å²) < 4.78 is 137. The monoisotopic (exact) mass is 684 g/mol. The number of hydrazine groups is 1. The average molecular weight is 685 g/mol. The summed E-state index contributed by atoms with van der Waals surface area (Å²) in [4.78, 5) is 30.6. The Morgan fingerprint density at radius 2 is 1.59 bits per heavy atom. The molecule has 2 unspecified atom stereocenters. The van der Waals surface area contributed by atoms with Gasteiger partial charge in [0.05, 0.1) is 35.3 Å². The molecule has 2 aliphatic heterocycles. The summed E-state index contributed by atoms with van der Waals surface area (Å²) in [6.07, 6.45) is -14.2. The van der Waals surface area contributed by atoms with Gasteiger partial charge >= 0.3 is 24.1 Å². The summed E-state index contributed by atoms with van der Waals surface area (Å²) in [5.74, 6) is -1.29. The molecule has 0 spiro atoms. The molecule has 2 fully saturated rings. The van der Waals surface area contributed by atoms with Crippen molar-refractivity contribution in [3.63, 3.8) is 0 Å². The first-order chi connectivity index (χ1) is 21.1. The number of benzene rings is 1. The van der Waals surface area contributed by atoms with Crippen molar-refractivity contribution in [2.45, 2.75) is 78.8 Å². The first-order valence-corrected chi connectivity index (χ1v) is 15.5. The molecule has 1 N–H and O–H groups in total. The lowest BCUT2D eigenvalue weighted by Crippen LogP contribution is -2.58. The number of β-amino-alcohol motifs (C(OH)–C–C–N with tert-alkyl or cyclic N) is 1. The molecule has 252 valence electrons. The molecule has 2 aromatic rings. The molecule has 1 aromatic heterocycles. The van der Waals surface area contributed by atoms with Crippen molar-refractivity contribution in [2.75, 3.05) is 19.6 Å². The minimum atomic E-state index is -6.46. The molecule has 5 rings (SSSR count). The van der Waals surface area contributed by atoms with Crippen LogP contribution < -0.4 is 0 Å². The van der Waals surface area contributed by atoms with Crippen LogP contribution in [-0.2, 0) is 31.5 Å². The maximum atomic E-state index is 15.0. The van der Waals surface area contributed by atoms with E-state index in [1.165, 1.54) is 13.8 Å². The number of aliphatic hydroxyl groups is 1. The number of aryl methyl sites for hydroxylation is 1. The van der Waals surface area contributed by atoms with E-state index >= 15 is 0 Å². The Balaban J connectivity index is 1.65. The Morgan fingerprint density at radius 1 is 0.978 bits per heavy atom. The van der Waals surface area contributed by atoms with Gasteiger partial charge in [0.15, 0.2) is 9.84 Å². The third kappa shape index (κ3) is 5.07. The molecule has 18 heteroatoms. The largest absolute Gasteiger partial charge is 0.437 e. The van der Waals surface area contributed by atoms with E-state index in [2.05, 4.69) is 4.98 Å². The number of hydrogen-bond acceptors (Lipinski definition) is 6. The number of nitrogens with zero attached hydrogens (tertiary/aromatic N) is 4. The summed E-state index contributed by atoms with van der Waals surface area (Å²) in [6, 6.07) is 2.24. The second kappa shape index (κ2) is 10.7. The summed E-state index contributed by atoms with van der Waals surface area (Å²) in [7, 11) is -4.72. The number of pyridine rings is 1. The molecule has 0 saturated carbocycles. The number of rotatable bonds is 5. The Kier molecular flexibility index (Phi) is 7.90. The van der Waals surface area contributed by atoms with Gasteiger partial charge in [-0.05, 0) is 69.0 Å². The van der Waals surface area contributed by atoms with Gasteiger partial charge in [-0.2, -0.15) is 26.3 Å². The molecule has 0 bridgehead atoms. The van der Waals surface area contributed by atoms with Crippen molar-refractivity contribution in [1.82, 2.24) is 19.9 Å². The summed E-state index contributed by atoms with van der Waals surface area (Å²) in [5.41, 5.74) is -10.2. The highest BCUT2D eigenvalue weighted by molar-refractivity contribution is 7.92. The molecule has 3 aliphatic rings. The SMILES string of the molecule is CC(C)(O)CN1C(=O)CCN1C(=O)N1CCC2(S(=O)(=O)c3ccc(F)cc3)c3ccc(C(F)(C(F)(F)F)C(F)(F)F)nc3CCC12. The highest BCUT2D eigenvalue weighted by atomic mass is 32.2. The lowest BCUT2D eigenvalue weighted by atomic mass is 9.80. The second-order valence-electron chi connectivity index (χ2n) is 12.1. The predicted molar refractivity (Wildman–Crippen MR) is 143 cm³/mol. The van der Waals surface area contributed by atoms with E-state index in [4.69, 9.17) is 0 Å². The Hall–Kier alpha value is -3.54. The first kappa shape index (κ1) is 33.8. The van der Waals surface area contributed by atoms with Crippen LogP contribution in [0.1, 0.15) is 50.1 Å². The molecule has 46 heavy (non-hydrogen) atoms. The highest BCUT2D eigenvalue weighted by Gasteiger charge is 2.75. The van der Waals surface area contributed by atoms with E-state index in [9.17, 15) is 58.2 Å². The van der Waals surface area contributed by atoms with Gasteiger partial charge in [0, 0.05) is 18.7 Å². The zero-order chi connectivity index (χ0) is 34.3. The third-order valence-corrected chi connectivity index (χ3v) is 11.1. The number of likely N-dealkylation sites (tertiary alicyclic amines) is 1. The quantitative estimate of drug-likeness (QED) is 0.366. The molecule has 2 atom stereocenters. The van der Waals surface area contributed by atoms with Crippen LogP contribution in [0.3, 0.4) is 0 Å². The standard InChI is InChI=1S/C28H28F8N4O5S/c1-24(2,43)15-40-22(41)11-13-39(40)23(42)38-14-12-25(46(44,45)17-5-3-16(29)4-6-17)18-7-9-20(37-19(18)8-10-21(25)38)26(30,27(31,32)33)28(34,35)36/h3-7,9,21,43H,8,10-15H2,1-2H3. The highest BCUT2D eigenvalue weighted by Crippen LogP contribution is 2.56. The van der Waals surface area contributed by atoms with Gasteiger partial charge in [-0.1, -0.05) is 6.07 Å². The molecule has 2 saturated heterocycles. The Morgan fingerprint density at radius 3 is 2.15 bits per heavy atom. The van der Waals surface area contributed by atoms with Crippen LogP contribution in [0.5, 0.6) is 0 Å². The number of aromatic nitrogens is 1. The molecule has 9 nitrogen and oxygen atoms in total. The van der Waals surface area contributed by atoms with E-state index in [0.29, 0.717) is 6.07 Å². The lowest BCUT2D eigenvalue weighted by Gasteiger charge is -2.43. The normalized spacial score (nSPS) is 22.7. The summed E-state index contributed by atoms with van der Waals surface area (Å²) in [6.45, 7) is 2.13. The number of halogens is 8. The van der Waals surface area contributed by atoms with Gasteiger partial charge in [-0.15, -0.1) is 0 Å². The maximum absolute atomic E-state index is 15.0. The number of urea groups is 1. The molecular formula is C28H28F8N4O5S. The van der Waals surface area contributed by atoms with Crippen molar-refractivity contribution in [3.05, 3.63) is 59.2 Å². The smallest absolute Gasteiger partial charge is 0.389 e. The van der Waals surface area contributed by atoms with E-state index in [-0.39, 0.29) is 44.1 Å². The van der Waals surface area contributed by atoms with E-state index in [0.717, 1.165) is 39.2 Å². The number of hydrogen-bond donors (Lipinski definition) is 1. The van der Waals surface area contributed by atoms with Crippen molar-refractivity contribution in [1.29, 1.82) is 0 Å². The van der Waals surface area contributed by atoms with Crippen molar-refractivity contribution in [2.24, 2.45) is 0 Å². The van der Waals surface area contributed by atoms with E-state index in [1.54, 1.807) is 0 Å². The number of fused-ring (bicyclic) bond motifs is 3. The first-order valence-electron chi connectivity index (χ1n) is 14.0. The zero-order valence-electron chi connectivity index (χ0n) is 24.3. The number of carbonyl (C=O) groups excluding carboxylic acids is 2. The number of amides is 3. The van der Waals surface area contributed by atoms with Gasteiger partial charge in [0.25, 0.3) is 0 Å². The van der Waals surface area contributed by atoms with Crippen molar-refractivity contribution in [3.8, 4) is 0 Å². The minimum Gasteiger partial charge on any atom is -0.389 e. The molecule has 1 aromatic carbocycles. The molecule has 3 amide bonds. The van der Waals surface area contributed by atoms with Crippen LogP contribution in [0.25, 0.3) is 0 Å². The fourth-order valence-electron chi connectivity index (χ4n) is 6.54. The number of alkyl halides is 7. The Bertz CT molecular complexity index is 1650. The average Bonchev–Trinajstić information content (AvgIpc) is 3.51. The topological polar surface area (TPSA) is 111 Å². The molecule has 0 radical (unpaired) electrons.